The number of hydrogen-bond acceptors (Lipinski definition) is 5. The summed E-state index contributed by atoms with van der Waals surface area (Å²) in [7, 11) is 1.68. The fraction of sp³-hybridized carbons (Fsp3) is 0.500. The van der Waals surface area contributed by atoms with Crippen LogP contribution in [0.2, 0.25) is 5.02 Å². The van der Waals surface area contributed by atoms with Gasteiger partial charge in [0.1, 0.15) is 11.5 Å². The lowest BCUT2D eigenvalue weighted by Gasteiger charge is -2.49. The average Bonchev–Trinajstić information content (AvgIpc) is 3.33. The predicted octanol–water partition coefficient (Wildman–Crippen LogP) is 6.36. The maximum absolute atomic E-state index is 6.27. The molecule has 0 radical (unpaired) electrons. The van der Waals surface area contributed by atoms with E-state index in [2.05, 4.69) is 63.7 Å². The first-order valence-electron chi connectivity index (χ1n) is 13.5. The summed E-state index contributed by atoms with van der Waals surface area (Å²) in [5.41, 5.74) is 6.35. The van der Waals surface area contributed by atoms with Crippen LogP contribution >= 0.6 is 11.6 Å². The minimum atomic E-state index is 0.470. The van der Waals surface area contributed by atoms with Gasteiger partial charge < -0.3 is 18.9 Å². The minimum Gasteiger partial charge on any atom is -0.495 e. The van der Waals surface area contributed by atoms with E-state index in [0.29, 0.717) is 23.7 Å². The standard InChI is InChI=1S/C30H39ClN4O2/c1-21-18-33(20-32-21)13-6-16-37-29-12-10-26(22(2)23(29)3)28-8-5-7-25-19-34(14-15-35(25)28)24-9-11-27(31)30(17-24)36-4/h9-12,17-18,20,25,28H,5-8,13-16,19H2,1-4H3/t25?,28-/m1/s1. The van der Waals surface area contributed by atoms with Gasteiger partial charge in [0.25, 0.3) is 0 Å². The second-order valence-corrected chi connectivity index (χ2v) is 10.9. The van der Waals surface area contributed by atoms with Crippen molar-refractivity contribution in [3.8, 4) is 11.5 Å². The van der Waals surface area contributed by atoms with E-state index in [1.165, 1.54) is 41.6 Å². The lowest BCUT2D eigenvalue weighted by molar-refractivity contribution is 0.0712. The van der Waals surface area contributed by atoms with Crippen molar-refractivity contribution in [3.63, 3.8) is 0 Å². The van der Waals surface area contributed by atoms with E-state index < -0.39 is 0 Å². The zero-order valence-corrected chi connectivity index (χ0v) is 23.3. The Morgan fingerprint density at radius 1 is 1.03 bits per heavy atom. The highest BCUT2D eigenvalue weighted by molar-refractivity contribution is 6.32. The maximum Gasteiger partial charge on any atom is 0.139 e. The maximum atomic E-state index is 6.27. The van der Waals surface area contributed by atoms with Crippen LogP contribution < -0.4 is 14.4 Å². The number of aryl methyl sites for hydroxylation is 2. The first kappa shape index (κ1) is 25.9. The summed E-state index contributed by atoms with van der Waals surface area (Å²) in [5, 5.41) is 0.661. The molecule has 2 aliphatic heterocycles. The van der Waals surface area contributed by atoms with E-state index >= 15 is 0 Å². The van der Waals surface area contributed by atoms with E-state index in [1.807, 2.05) is 19.3 Å². The minimum absolute atomic E-state index is 0.470. The Morgan fingerprint density at radius 2 is 1.89 bits per heavy atom. The van der Waals surface area contributed by atoms with Crippen LogP contribution in [0.4, 0.5) is 5.69 Å². The van der Waals surface area contributed by atoms with Crippen molar-refractivity contribution in [2.75, 3.05) is 38.3 Å². The zero-order chi connectivity index (χ0) is 25.9. The number of halogens is 1. The number of hydrogen-bond donors (Lipinski definition) is 0. The Morgan fingerprint density at radius 3 is 2.68 bits per heavy atom. The van der Waals surface area contributed by atoms with Crippen molar-refractivity contribution in [1.82, 2.24) is 14.5 Å². The third kappa shape index (κ3) is 5.60. The topological polar surface area (TPSA) is 42.8 Å². The first-order chi connectivity index (χ1) is 17.9. The molecule has 0 aliphatic carbocycles. The number of imidazole rings is 1. The number of nitrogens with zero attached hydrogens (tertiary/aromatic N) is 4. The number of piperazine rings is 1. The largest absolute Gasteiger partial charge is 0.495 e. The third-order valence-corrected chi connectivity index (χ3v) is 8.47. The Balaban J connectivity index is 1.23. The lowest BCUT2D eigenvalue weighted by Crippen LogP contribution is -2.56. The van der Waals surface area contributed by atoms with Gasteiger partial charge in [0.05, 0.1) is 30.8 Å². The number of piperidine rings is 1. The number of anilines is 1. The van der Waals surface area contributed by atoms with Gasteiger partial charge in [-0.05, 0) is 81.3 Å². The van der Waals surface area contributed by atoms with Crippen LogP contribution in [0.3, 0.4) is 0 Å². The van der Waals surface area contributed by atoms with Crippen LogP contribution in [0.25, 0.3) is 0 Å². The van der Waals surface area contributed by atoms with Gasteiger partial charge in [0.2, 0.25) is 0 Å². The summed E-state index contributed by atoms with van der Waals surface area (Å²) in [6.07, 6.45) is 8.65. The molecular formula is C30H39ClN4O2. The number of rotatable bonds is 8. The first-order valence-corrected chi connectivity index (χ1v) is 13.9. The molecule has 2 aliphatic rings. The lowest BCUT2D eigenvalue weighted by atomic mass is 9.86. The van der Waals surface area contributed by atoms with Gasteiger partial charge in [-0.2, -0.15) is 0 Å². The van der Waals surface area contributed by atoms with E-state index in [4.69, 9.17) is 21.1 Å². The van der Waals surface area contributed by atoms with Gasteiger partial charge in [0, 0.05) is 56.2 Å². The fourth-order valence-electron chi connectivity index (χ4n) is 6.02. The molecule has 3 heterocycles. The molecule has 5 rings (SSSR count). The number of benzene rings is 2. The molecule has 6 nitrogen and oxygen atoms in total. The summed E-state index contributed by atoms with van der Waals surface area (Å²) in [6.45, 7) is 11.2. The molecule has 0 bridgehead atoms. The Kier molecular flexibility index (Phi) is 7.96. The molecule has 0 N–H and O–H groups in total. The van der Waals surface area contributed by atoms with Crippen LogP contribution in [0, 0.1) is 20.8 Å². The van der Waals surface area contributed by atoms with Crippen LogP contribution in [-0.4, -0.2) is 53.8 Å². The third-order valence-electron chi connectivity index (χ3n) is 8.16. The molecule has 2 fully saturated rings. The van der Waals surface area contributed by atoms with Crippen LogP contribution in [0.5, 0.6) is 11.5 Å². The van der Waals surface area contributed by atoms with Crippen molar-refractivity contribution in [2.45, 2.75) is 65.1 Å². The van der Waals surface area contributed by atoms with Gasteiger partial charge in [-0.15, -0.1) is 0 Å². The molecule has 3 aromatic rings. The summed E-state index contributed by atoms with van der Waals surface area (Å²) in [6, 6.07) is 11.7. The van der Waals surface area contributed by atoms with Crippen LogP contribution in [-0.2, 0) is 6.54 Å². The van der Waals surface area contributed by atoms with Crippen LogP contribution in [0.15, 0.2) is 42.9 Å². The summed E-state index contributed by atoms with van der Waals surface area (Å²) < 4.78 is 13.8. The molecule has 0 saturated carbocycles. The molecule has 0 spiro atoms. The smallest absolute Gasteiger partial charge is 0.139 e. The molecule has 37 heavy (non-hydrogen) atoms. The van der Waals surface area contributed by atoms with Gasteiger partial charge in [0.15, 0.2) is 0 Å². The number of fused-ring (bicyclic) bond motifs is 1. The number of methoxy groups -OCH3 is 1. The summed E-state index contributed by atoms with van der Waals surface area (Å²) in [5.74, 6) is 1.75. The normalized spacial score (nSPS) is 20.1. The zero-order valence-electron chi connectivity index (χ0n) is 22.5. The predicted molar refractivity (Wildman–Crippen MR) is 150 cm³/mol. The Hall–Kier alpha value is -2.70. The monoisotopic (exact) mass is 522 g/mol. The summed E-state index contributed by atoms with van der Waals surface area (Å²) in [4.78, 5) is 9.54. The quantitative estimate of drug-likeness (QED) is 0.322. The number of aromatic nitrogens is 2. The fourth-order valence-corrected chi connectivity index (χ4v) is 6.22. The molecule has 2 atom stereocenters. The van der Waals surface area contributed by atoms with Crippen molar-refractivity contribution in [2.24, 2.45) is 0 Å². The SMILES string of the molecule is COc1cc(N2CCN3C(CCC[C@@H]3c3ccc(OCCCn4cnc(C)c4)c(C)c3C)C2)ccc1Cl. The molecule has 1 aromatic heterocycles. The van der Waals surface area contributed by atoms with Crippen molar-refractivity contribution in [1.29, 1.82) is 0 Å². The highest BCUT2D eigenvalue weighted by Gasteiger charge is 2.36. The van der Waals surface area contributed by atoms with Gasteiger partial charge in [-0.25, -0.2) is 4.98 Å². The van der Waals surface area contributed by atoms with Crippen molar-refractivity contribution >= 4 is 17.3 Å². The molecule has 0 amide bonds. The highest BCUT2D eigenvalue weighted by atomic mass is 35.5. The molecule has 2 aromatic carbocycles. The second kappa shape index (κ2) is 11.4. The van der Waals surface area contributed by atoms with Gasteiger partial charge in [-0.1, -0.05) is 17.7 Å². The van der Waals surface area contributed by atoms with Gasteiger partial charge >= 0.3 is 0 Å². The molecular weight excluding hydrogens is 484 g/mol. The van der Waals surface area contributed by atoms with E-state index in [1.54, 1.807) is 7.11 Å². The van der Waals surface area contributed by atoms with Crippen LogP contribution in [0.1, 0.15) is 54.1 Å². The molecule has 1 unspecified atom stereocenters. The Labute approximate surface area is 226 Å². The molecule has 7 heteroatoms. The second-order valence-electron chi connectivity index (χ2n) is 10.5. The molecule has 2 saturated heterocycles. The van der Waals surface area contributed by atoms with E-state index in [9.17, 15) is 0 Å². The van der Waals surface area contributed by atoms with Crippen molar-refractivity contribution < 1.29 is 9.47 Å². The highest BCUT2D eigenvalue weighted by Crippen LogP contribution is 2.40. The van der Waals surface area contributed by atoms with E-state index in [-0.39, 0.29) is 0 Å². The molecule has 198 valence electrons. The average molecular weight is 523 g/mol. The van der Waals surface area contributed by atoms with Gasteiger partial charge in [-0.3, -0.25) is 4.90 Å². The summed E-state index contributed by atoms with van der Waals surface area (Å²) >= 11 is 6.27. The van der Waals surface area contributed by atoms with E-state index in [0.717, 1.165) is 49.8 Å². The number of ether oxygens (including phenoxy) is 2. The van der Waals surface area contributed by atoms with Crippen molar-refractivity contribution in [3.05, 3.63) is 70.3 Å². The Bertz CT molecular complexity index is 1230.